The molecule has 0 spiro atoms. The van der Waals surface area contributed by atoms with Gasteiger partial charge < -0.3 is 5.32 Å². The Labute approximate surface area is 92.0 Å². The summed E-state index contributed by atoms with van der Waals surface area (Å²) in [5, 5.41) is 3.98. The van der Waals surface area contributed by atoms with Crippen LogP contribution >= 0.6 is 23.4 Å². The van der Waals surface area contributed by atoms with Crippen LogP contribution in [0, 0.1) is 0 Å². The molecule has 1 amide bonds. The van der Waals surface area contributed by atoms with Crippen molar-refractivity contribution < 1.29 is 4.79 Å². The molecule has 0 radical (unpaired) electrons. The van der Waals surface area contributed by atoms with Gasteiger partial charge in [0, 0.05) is 10.3 Å². The molecule has 0 aliphatic carbocycles. The van der Waals surface area contributed by atoms with E-state index < -0.39 is 0 Å². The van der Waals surface area contributed by atoms with E-state index in [0.717, 1.165) is 10.6 Å². The Bertz CT molecular complexity index is 352. The van der Waals surface area contributed by atoms with Crippen molar-refractivity contribution in [3.05, 3.63) is 34.9 Å². The number of benzene rings is 1. The molecule has 2 rings (SSSR count). The summed E-state index contributed by atoms with van der Waals surface area (Å²) in [4.78, 5) is 11.1. The first kappa shape index (κ1) is 9.87. The van der Waals surface area contributed by atoms with Crippen molar-refractivity contribution in [3.8, 4) is 0 Å². The highest BCUT2D eigenvalue weighted by Gasteiger charge is 2.30. The van der Waals surface area contributed by atoms with Gasteiger partial charge >= 0.3 is 0 Å². The third kappa shape index (κ3) is 1.88. The van der Waals surface area contributed by atoms with Crippen LogP contribution in [0.5, 0.6) is 0 Å². The average molecular weight is 228 g/mol. The highest BCUT2D eigenvalue weighted by molar-refractivity contribution is 8.14. The molecule has 1 aromatic rings. The first-order chi connectivity index (χ1) is 6.66. The van der Waals surface area contributed by atoms with Gasteiger partial charge in [0.2, 0.25) is 0 Å². The fraction of sp³-hybridized carbons (Fsp3) is 0.300. The minimum atomic E-state index is 0.0532. The van der Waals surface area contributed by atoms with E-state index in [4.69, 9.17) is 11.6 Å². The van der Waals surface area contributed by atoms with Crippen LogP contribution in [-0.2, 0) is 0 Å². The molecule has 1 N–H and O–H groups in total. The van der Waals surface area contributed by atoms with E-state index in [1.165, 1.54) is 11.8 Å². The van der Waals surface area contributed by atoms with Crippen LogP contribution in [0.25, 0.3) is 0 Å². The number of nitrogens with one attached hydrogen (secondary N) is 1. The van der Waals surface area contributed by atoms with E-state index in [1.807, 2.05) is 31.2 Å². The normalized spacial score (nSPS) is 26.3. The number of thioether (sulfide) groups is 1. The molecule has 2 atom stereocenters. The highest BCUT2D eigenvalue weighted by Crippen LogP contribution is 2.33. The Kier molecular flexibility index (Phi) is 2.70. The van der Waals surface area contributed by atoms with Crippen molar-refractivity contribution in [2.45, 2.75) is 18.2 Å². The molecule has 1 aliphatic heterocycles. The number of rotatable bonds is 1. The van der Waals surface area contributed by atoms with E-state index in [0.29, 0.717) is 0 Å². The lowest BCUT2D eigenvalue weighted by atomic mass is 10.1. The average Bonchev–Trinajstić information content (AvgIpc) is 2.47. The first-order valence-electron chi connectivity index (χ1n) is 4.39. The molecule has 1 fully saturated rings. The standard InChI is InChI=1S/C10H10ClNOS/c1-6-9(12-10(13)14-6)7-2-4-8(11)5-3-7/h2-6,9H,1H3,(H,12,13)/t6-,9+/m1/s1. The Hall–Kier alpha value is -0.670. The van der Waals surface area contributed by atoms with Crippen LogP contribution in [0.3, 0.4) is 0 Å². The molecule has 1 aromatic carbocycles. The van der Waals surface area contributed by atoms with Gasteiger partial charge in [-0.25, -0.2) is 0 Å². The quantitative estimate of drug-likeness (QED) is 0.798. The summed E-state index contributed by atoms with van der Waals surface area (Å²) in [6, 6.07) is 7.72. The van der Waals surface area contributed by atoms with Gasteiger partial charge in [-0.05, 0) is 17.7 Å². The van der Waals surface area contributed by atoms with Crippen LogP contribution < -0.4 is 5.32 Å². The fourth-order valence-corrected chi connectivity index (χ4v) is 2.56. The van der Waals surface area contributed by atoms with E-state index in [2.05, 4.69) is 5.32 Å². The van der Waals surface area contributed by atoms with Gasteiger partial charge in [0.15, 0.2) is 0 Å². The summed E-state index contributed by atoms with van der Waals surface area (Å²) in [5.41, 5.74) is 1.11. The molecule has 4 heteroatoms. The number of amides is 1. The Morgan fingerprint density at radius 1 is 1.36 bits per heavy atom. The fourth-order valence-electron chi connectivity index (χ4n) is 1.54. The molecule has 0 unspecified atom stereocenters. The molecular weight excluding hydrogens is 218 g/mol. The number of hydrogen-bond donors (Lipinski definition) is 1. The van der Waals surface area contributed by atoms with Crippen molar-refractivity contribution in [1.82, 2.24) is 5.32 Å². The summed E-state index contributed by atoms with van der Waals surface area (Å²) >= 11 is 7.14. The minimum absolute atomic E-state index is 0.0532. The zero-order valence-electron chi connectivity index (χ0n) is 7.66. The van der Waals surface area contributed by atoms with Crippen LogP contribution in [0.1, 0.15) is 18.5 Å². The SMILES string of the molecule is C[C@H]1SC(=O)N[C@@H]1c1ccc(Cl)cc1. The summed E-state index contributed by atoms with van der Waals surface area (Å²) in [7, 11) is 0. The Morgan fingerprint density at radius 3 is 2.50 bits per heavy atom. The van der Waals surface area contributed by atoms with Crippen molar-refractivity contribution in [1.29, 1.82) is 0 Å². The number of carbonyl (C=O) groups excluding carboxylic acids is 1. The lowest BCUT2D eigenvalue weighted by Crippen LogP contribution is -2.20. The van der Waals surface area contributed by atoms with Crippen molar-refractivity contribution in [2.24, 2.45) is 0 Å². The smallest absolute Gasteiger partial charge is 0.279 e. The summed E-state index contributed by atoms with van der Waals surface area (Å²) in [6.07, 6.45) is 0. The lowest BCUT2D eigenvalue weighted by Gasteiger charge is -2.13. The van der Waals surface area contributed by atoms with Gasteiger partial charge in [0.05, 0.1) is 6.04 Å². The van der Waals surface area contributed by atoms with Gasteiger partial charge in [-0.1, -0.05) is 42.4 Å². The Morgan fingerprint density at radius 2 is 2.00 bits per heavy atom. The molecule has 2 nitrogen and oxygen atoms in total. The molecule has 0 saturated carbocycles. The second-order valence-electron chi connectivity index (χ2n) is 3.28. The maximum Gasteiger partial charge on any atom is 0.279 e. The molecule has 1 saturated heterocycles. The molecule has 0 bridgehead atoms. The summed E-state index contributed by atoms with van der Waals surface area (Å²) in [6.45, 7) is 2.04. The molecular formula is C10H10ClNOS. The first-order valence-corrected chi connectivity index (χ1v) is 5.65. The molecule has 1 aliphatic rings. The second-order valence-corrected chi connectivity index (χ2v) is 5.07. The van der Waals surface area contributed by atoms with Gasteiger partial charge in [-0.2, -0.15) is 0 Å². The maximum atomic E-state index is 11.1. The van der Waals surface area contributed by atoms with E-state index >= 15 is 0 Å². The van der Waals surface area contributed by atoms with E-state index in [9.17, 15) is 4.79 Å². The third-order valence-electron chi connectivity index (χ3n) is 2.26. The second kappa shape index (κ2) is 3.83. The third-order valence-corrected chi connectivity index (χ3v) is 3.49. The van der Waals surface area contributed by atoms with Crippen LogP contribution in [0.4, 0.5) is 4.79 Å². The largest absolute Gasteiger partial charge is 0.339 e. The van der Waals surface area contributed by atoms with E-state index in [-0.39, 0.29) is 16.5 Å². The molecule has 74 valence electrons. The molecule has 14 heavy (non-hydrogen) atoms. The van der Waals surface area contributed by atoms with Gasteiger partial charge in [0.1, 0.15) is 0 Å². The molecule has 0 aromatic heterocycles. The summed E-state index contributed by atoms with van der Waals surface area (Å²) < 4.78 is 0. The van der Waals surface area contributed by atoms with Crippen molar-refractivity contribution in [2.75, 3.05) is 0 Å². The number of carbonyl (C=O) groups is 1. The van der Waals surface area contributed by atoms with Gasteiger partial charge in [-0.3, -0.25) is 4.79 Å². The Balaban J connectivity index is 2.23. The lowest BCUT2D eigenvalue weighted by molar-refractivity contribution is 0.260. The number of halogens is 1. The van der Waals surface area contributed by atoms with Crippen molar-refractivity contribution in [3.63, 3.8) is 0 Å². The summed E-state index contributed by atoms with van der Waals surface area (Å²) in [5.74, 6) is 0. The van der Waals surface area contributed by atoms with Gasteiger partial charge in [0.25, 0.3) is 5.24 Å². The van der Waals surface area contributed by atoms with Crippen LogP contribution in [0.15, 0.2) is 24.3 Å². The predicted octanol–water partition coefficient (Wildman–Crippen LogP) is 3.23. The van der Waals surface area contributed by atoms with Crippen LogP contribution in [0.2, 0.25) is 5.02 Å². The minimum Gasteiger partial charge on any atom is -0.339 e. The van der Waals surface area contributed by atoms with Gasteiger partial charge in [-0.15, -0.1) is 0 Å². The molecule has 1 heterocycles. The van der Waals surface area contributed by atoms with E-state index in [1.54, 1.807) is 0 Å². The maximum absolute atomic E-state index is 11.1. The predicted molar refractivity (Wildman–Crippen MR) is 59.8 cm³/mol. The monoisotopic (exact) mass is 227 g/mol. The van der Waals surface area contributed by atoms with Crippen LogP contribution in [-0.4, -0.2) is 10.5 Å². The zero-order chi connectivity index (χ0) is 10.1. The topological polar surface area (TPSA) is 29.1 Å². The highest BCUT2D eigenvalue weighted by atomic mass is 35.5. The van der Waals surface area contributed by atoms with Crippen molar-refractivity contribution >= 4 is 28.6 Å². The zero-order valence-corrected chi connectivity index (χ0v) is 9.23. The number of hydrogen-bond acceptors (Lipinski definition) is 2.